The van der Waals surface area contributed by atoms with Gasteiger partial charge in [-0.1, -0.05) is 6.92 Å². The molecule has 0 radical (unpaired) electrons. The van der Waals surface area contributed by atoms with E-state index in [0.717, 1.165) is 0 Å². The second kappa shape index (κ2) is 7.78. The molecular formula is C10H16N4O. The van der Waals surface area contributed by atoms with Gasteiger partial charge in [0.15, 0.2) is 0 Å². The molecule has 82 valence electrons. The molecule has 1 unspecified atom stereocenters. The van der Waals surface area contributed by atoms with E-state index in [4.69, 9.17) is 16.3 Å². The van der Waals surface area contributed by atoms with Crippen molar-refractivity contribution in [3.05, 3.63) is 0 Å². The second-order valence-electron chi connectivity index (χ2n) is 3.16. The first kappa shape index (κ1) is 13.4. The fraction of sp³-hybridized carbons (Fsp3) is 0.700. The molecule has 5 nitrogen and oxygen atoms in total. The zero-order valence-corrected chi connectivity index (χ0v) is 8.94. The van der Waals surface area contributed by atoms with Gasteiger partial charge in [-0.3, -0.25) is 4.79 Å². The average molecular weight is 208 g/mol. The number of rotatable bonds is 6. The molecule has 0 saturated carbocycles. The summed E-state index contributed by atoms with van der Waals surface area (Å²) in [6.45, 7) is 2.53. The molecule has 0 aromatic rings. The number of nitriles is 2. The summed E-state index contributed by atoms with van der Waals surface area (Å²) in [6.07, 6.45) is 1.11. The lowest BCUT2D eigenvalue weighted by Crippen LogP contribution is -2.44. The summed E-state index contributed by atoms with van der Waals surface area (Å²) in [4.78, 5) is 13.2. The first-order valence-corrected chi connectivity index (χ1v) is 4.95. The average Bonchev–Trinajstić information content (AvgIpc) is 2.27. The number of carbonyl (C=O) groups excluding carboxylic acids is 1. The van der Waals surface area contributed by atoms with E-state index >= 15 is 0 Å². The van der Waals surface area contributed by atoms with Crippen LogP contribution in [0.25, 0.3) is 0 Å². The van der Waals surface area contributed by atoms with Crippen LogP contribution in [-0.2, 0) is 4.79 Å². The first-order valence-electron chi connectivity index (χ1n) is 4.95. The van der Waals surface area contributed by atoms with Crippen LogP contribution in [0.1, 0.15) is 26.2 Å². The van der Waals surface area contributed by atoms with Gasteiger partial charge in [0.1, 0.15) is 0 Å². The number of carbonyl (C=O) groups is 1. The Bertz CT molecular complexity index is 258. The summed E-state index contributed by atoms with van der Waals surface area (Å²) < 4.78 is 0. The maximum atomic E-state index is 11.7. The van der Waals surface area contributed by atoms with Gasteiger partial charge in [0.2, 0.25) is 5.91 Å². The Hall–Kier alpha value is -1.59. The van der Waals surface area contributed by atoms with E-state index in [0.29, 0.717) is 19.5 Å². The zero-order chi connectivity index (χ0) is 11.7. The summed E-state index contributed by atoms with van der Waals surface area (Å²) >= 11 is 0. The third kappa shape index (κ3) is 4.99. The molecule has 0 saturated heterocycles. The van der Waals surface area contributed by atoms with E-state index in [2.05, 4.69) is 0 Å². The molecule has 0 fully saturated rings. The fourth-order valence-corrected chi connectivity index (χ4v) is 1.11. The van der Waals surface area contributed by atoms with E-state index in [1.54, 1.807) is 0 Å². The van der Waals surface area contributed by atoms with Crippen LogP contribution in [0.3, 0.4) is 0 Å². The van der Waals surface area contributed by atoms with Crippen molar-refractivity contribution >= 4 is 5.91 Å². The topological polar surface area (TPSA) is 93.9 Å². The van der Waals surface area contributed by atoms with Gasteiger partial charge < -0.3 is 10.6 Å². The van der Waals surface area contributed by atoms with Crippen LogP contribution in [0.15, 0.2) is 0 Å². The minimum absolute atomic E-state index is 0.178. The Morgan fingerprint density at radius 2 is 1.80 bits per heavy atom. The third-order valence-electron chi connectivity index (χ3n) is 2.06. The number of nitrogens with two attached hydrogens (primary N) is 1. The lowest BCUT2D eigenvalue weighted by atomic mass is 10.2. The molecule has 0 heterocycles. The van der Waals surface area contributed by atoms with Crippen molar-refractivity contribution in [3.63, 3.8) is 0 Å². The summed E-state index contributed by atoms with van der Waals surface area (Å²) in [5, 5.41) is 16.9. The molecule has 1 atom stereocenters. The van der Waals surface area contributed by atoms with Crippen molar-refractivity contribution < 1.29 is 4.79 Å². The van der Waals surface area contributed by atoms with Gasteiger partial charge in [0.05, 0.1) is 31.0 Å². The van der Waals surface area contributed by atoms with Gasteiger partial charge in [-0.05, 0) is 6.42 Å². The van der Waals surface area contributed by atoms with E-state index < -0.39 is 6.04 Å². The number of hydrogen-bond acceptors (Lipinski definition) is 4. The summed E-state index contributed by atoms with van der Waals surface area (Å²) in [5.41, 5.74) is 5.60. The van der Waals surface area contributed by atoms with Crippen molar-refractivity contribution in [1.82, 2.24) is 4.90 Å². The highest BCUT2D eigenvalue weighted by Crippen LogP contribution is 2.00. The Kier molecular flexibility index (Phi) is 6.96. The van der Waals surface area contributed by atoms with Crippen LogP contribution in [0.2, 0.25) is 0 Å². The van der Waals surface area contributed by atoms with Crippen molar-refractivity contribution in [3.8, 4) is 12.1 Å². The Labute approximate surface area is 90.1 Å². The molecule has 2 N–H and O–H groups in total. The maximum absolute atomic E-state index is 11.7. The normalized spacial score (nSPS) is 11.2. The van der Waals surface area contributed by atoms with Crippen molar-refractivity contribution in [2.45, 2.75) is 32.2 Å². The van der Waals surface area contributed by atoms with Gasteiger partial charge >= 0.3 is 0 Å². The first-order chi connectivity index (χ1) is 7.17. The summed E-state index contributed by atoms with van der Waals surface area (Å²) in [7, 11) is 0. The van der Waals surface area contributed by atoms with Crippen molar-refractivity contribution in [1.29, 1.82) is 10.5 Å². The molecule has 5 heteroatoms. The largest absolute Gasteiger partial charge is 0.339 e. The minimum Gasteiger partial charge on any atom is -0.339 e. The highest BCUT2D eigenvalue weighted by molar-refractivity contribution is 5.81. The molecule has 1 amide bonds. The van der Waals surface area contributed by atoms with E-state index in [9.17, 15) is 4.79 Å². The number of hydrogen-bond donors (Lipinski definition) is 1. The highest BCUT2D eigenvalue weighted by Gasteiger charge is 2.18. The van der Waals surface area contributed by atoms with E-state index in [1.807, 2.05) is 19.1 Å². The quantitative estimate of drug-likeness (QED) is 0.682. The van der Waals surface area contributed by atoms with Crippen LogP contribution >= 0.6 is 0 Å². The third-order valence-corrected chi connectivity index (χ3v) is 2.06. The molecule has 0 bridgehead atoms. The zero-order valence-electron chi connectivity index (χ0n) is 8.94. The molecule has 15 heavy (non-hydrogen) atoms. The van der Waals surface area contributed by atoms with E-state index in [-0.39, 0.29) is 18.7 Å². The molecule has 0 aliphatic rings. The molecule has 0 aliphatic heterocycles. The predicted molar refractivity (Wildman–Crippen MR) is 55.3 cm³/mol. The summed E-state index contributed by atoms with van der Waals surface area (Å²) in [6, 6.07) is 3.41. The van der Waals surface area contributed by atoms with Crippen LogP contribution in [0.4, 0.5) is 0 Å². The minimum atomic E-state index is -0.526. The van der Waals surface area contributed by atoms with E-state index in [1.165, 1.54) is 4.90 Å². The molecular weight excluding hydrogens is 192 g/mol. The number of amides is 1. The Morgan fingerprint density at radius 3 is 2.13 bits per heavy atom. The van der Waals surface area contributed by atoms with Crippen LogP contribution in [0, 0.1) is 22.7 Å². The molecule has 0 aromatic carbocycles. The Morgan fingerprint density at radius 1 is 1.33 bits per heavy atom. The van der Waals surface area contributed by atoms with Gasteiger partial charge in [-0.25, -0.2) is 0 Å². The highest BCUT2D eigenvalue weighted by atomic mass is 16.2. The fourth-order valence-electron chi connectivity index (χ4n) is 1.11. The van der Waals surface area contributed by atoms with Gasteiger partial charge in [-0.15, -0.1) is 0 Å². The van der Waals surface area contributed by atoms with Crippen molar-refractivity contribution in [2.75, 3.05) is 13.1 Å². The molecule has 0 aromatic heterocycles. The predicted octanol–water partition coefficient (Wildman–Crippen LogP) is 0.380. The smallest absolute Gasteiger partial charge is 0.239 e. The molecule has 0 aliphatic carbocycles. The standard InChI is InChI=1S/C10H16N4O/c1-2-9(13)10(15)14(7-3-5-11)8-4-6-12/h9H,2-4,7-8,13H2,1H3. The lowest BCUT2D eigenvalue weighted by molar-refractivity contribution is -0.132. The number of nitrogens with zero attached hydrogens (tertiary/aromatic N) is 3. The van der Waals surface area contributed by atoms with Crippen LogP contribution in [-0.4, -0.2) is 29.9 Å². The molecule has 0 rings (SSSR count). The van der Waals surface area contributed by atoms with Crippen LogP contribution < -0.4 is 5.73 Å². The van der Waals surface area contributed by atoms with Crippen LogP contribution in [0.5, 0.6) is 0 Å². The SMILES string of the molecule is CCC(N)C(=O)N(CCC#N)CCC#N. The Balaban J connectivity index is 4.28. The monoisotopic (exact) mass is 208 g/mol. The molecule has 0 spiro atoms. The maximum Gasteiger partial charge on any atom is 0.239 e. The van der Waals surface area contributed by atoms with Crippen molar-refractivity contribution in [2.24, 2.45) is 5.73 Å². The van der Waals surface area contributed by atoms with Gasteiger partial charge in [0, 0.05) is 13.1 Å². The van der Waals surface area contributed by atoms with Gasteiger partial charge in [-0.2, -0.15) is 10.5 Å². The van der Waals surface area contributed by atoms with Gasteiger partial charge in [0.25, 0.3) is 0 Å². The second-order valence-corrected chi connectivity index (χ2v) is 3.16. The summed E-state index contributed by atoms with van der Waals surface area (Å²) in [5.74, 6) is -0.178. The lowest BCUT2D eigenvalue weighted by Gasteiger charge is -2.23.